The van der Waals surface area contributed by atoms with Crippen LogP contribution >= 0.6 is 0 Å². The van der Waals surface area contributed by atoms with Gasteiger partial charge in [0.15, 0.2) is 0 Å². The summed E-state index contributed by atoms with van der Waals surface area (Å²) in [6, 6.07) is 18.5. The minimum Gasteiger partial charge on any atom is -0.257 e. The highest BCUT2D eigenvalue weighted by molar-refractivity contribution is 5.80. The lowest BCUT2D eigenvalue weighted by molar-refractivity contribution is 1.14. The summed E-state index contributed by atoms with van der Waals surface area (Å²) in [4.78, 5) is 4.38. The van der Waals surface area contributed by atoms with E-state index in [0.29, 0.717) is 0 Å². The summed E-state index contributed by atoms with van der Waals surface area (Å²) in [5.74, 6) is 0. The minimum atomic E-state index is 0.991. The molecule has 0 bridgehead atoms. The van der Waals surface area contributed by atoms with Crippen LogP contribution in [0.2, 0.25) is 0 Å². The van der Waals surface area contributed by atoms with Crippen molar-refractivity contribution in [3.8, 4) is 0 Å². The van der Waals surface area contributed by atoms with Gasteiger partial charge in [0, 0.05) is 6.21 Å². The fraction of sp³-hybridized carbons (Fsp3) is 0.118. The highest BCUT2D eigenvalue weighted by atomic mass is 14.7. The SMILES string of the molecule is CCc1ccc(N=CC=Cc2ccccc2)cc1. The van der Waals surface area contributed by atoms with Gasteiger partial charge in [-0.2, -0.15) is 0 Å². The van der Waals surface area contributed by atoms with E-state index in [-0.39, 0.29) is 0 Å². The summed E-state index contributed by atoms with van der Waals surface area (Å²) in [6.07, 6.45) is 6.90. The molecular formula is C17H17N. The Bertz CT molecular complexity index is 521. The molecule has 0 aliphatic heterocycles. The maximum atomic E-state index is 4.38. The molecule has 0 fully saturated rings. The van der Waals surface area contributed by atoms with Gasteiger partial charge in [-0.05, 0) is 35.8 Å². The van der Waals surface area contributed by atoms with Crippen molar-refractivity contribution < 1.29 is 0 Å². The third kappa shape index (κ3) is 3.70. The Balaban J connectivity index is 1.96. The highest BCUT2D eigenvalue weighted by Crippen LogP contribution is 2.12. The van der Waals surface area contributed by atoms with Gasteiger partial charge in [0.25, 0.3) is 0 Å². The molecule has 0 saturated carbocycles. The number of nitrogens with zero attached hydrogens (tertiary/aromatic N) is 1. The molecule has 18 heavy (non-hydrogen) atoms. The topological polar surface area (TPSA) is 12.4 Å². The molecule has 0 aromatic heterocycles. The minimum absolute atomic E-state index is 0.991. The number of allylic oxidation sites excluding steroid dienone is 1. The summed E-state index contributed by atoms with van der Waals surface area (Å²) >= 11 is 0. The van der Waals surface area contributed by atoms with Gasteiger partial charge < -0.3 is 0 Å². The van der Waals surface area contributed by atoms with Crippen LogP contribution in [-0.2, 0) is 6.42 Å². The Morgan fingerprint density at radius 1 is 0.944 bits per heavy atom. The monoisotopic (exact) mass is 235 g/mol. The van der Waals surface area contributed by atoms with E-state index < -0.39 is 0 Å². The van der Waals surface area contributed by atoms with Gasteiger partial charge in [0.1, 0.15) is 0 Å². The van der Waals surface area contributed by atoms with Crippen molar-refractivity contribution >= 4 is 18.0 Å². The van der Waals surface area contributed by atoms with Crippen LogP contribution in [0.1, 0.15) is 18.1 Å². The Morgan fingerprint density at radius 2 is 1.67 bits per heavy atom. The molecule has 0 saturated heterocycles. The molecule has 90 valence electrons. The molecule has 0 atom stereocenters. The van der Waals surface area contributed by atoms with Gasteiger partial charge in [0.05, 0.1) is 5.69 Å². The van der Waals surface area contributed by atoms with Crippen LogP contribution in [0.25, 0.3) is 6.08 Å². The van der Waals surface area contributed by atoms with Crippen molar-refractivity contribution in [2.45, 2.75) is 13.3 Å². The first-order valence-corrected chi connectivity index (χ1v) is 6.23. The van der Waals surface area contributed by atoms with E-state index in [1.165, 1.54) is 11.1 Å². The summed E-state index contributed by atoms with van der Waals surface area (Å²) in [6.45, 7) is 2.15. The summed E-state index contributed by atoms with van der Waals surface area (Å²) in [7, 11) is 0. The summed E-state index contributed by atoms with van der Waals surface area (Å²) in [5.41, 5.74) is 3.52. The third-order valence-electron chi connectivity index (χ3n) is 2.74. The normalized spacial score (nSPS) is 11.4. The van der Waals surface area contributed by atoms with Crippen LogP contribution in [0.5, 0.6) is 0 Å². The molecule has 2 aromatic rings. The van der Waals surface area contributed by atoms with Crippen LogP contribution in [0, 0.1) is 0 Å². The van der Waals surface area contributed by atoms with E-state index in [1.807, 2.05) is 48.7 Å². The van der Waals surface area contributed by atoms with E-state index >= 15 is 0 Å². The van der Waals surface area contributed by atoms with Crippen molar-refractivity contribution in [1.29, 1.82) is 0 Å². The first-order valence-electron chi connectivity index (χ1n) is 6.23. The molecule has 0 unspecified atom stereocenters. The van der Waals surface area contributed by atoms with Crippen LogP contribution < -0.4 is 0 Å². The quantitative estimate of drug-likeness (QED) is 0.683. The average Bonchev–Trinajstić information content (AvgIpc) is 2.45. The highest BCUT2D eigenvalue weighted by Gasteiger charge is 1.88. The smallest absolute Gasteiger partial charge is 0.0629 e. The van der Waals surface area contributed by atoms with Crippen LogP contribution in [0.3, 0.4) is 0 Å². The van der Waals surface area contributed by atoms with Crippen molar-refractivity contribution in [1.82, 2.24) is 0 Å². The lowest BCUT2D eigenvalue weighted by atomic mass is 10.1. The summed E-state index contributed by atoms with van der Waals surface area (Å²) in [5, 5.41) is 0. The predicted octanol–water partition coefficient (Wildman–Crippen LogP) is 4.66. The molecule has 0 N–H and O–H groups in total. The van der Waals surface area contributed by atoms with Crippen molar-refractivity contribution in [2.24, 2.45) is 4.99 Å². The van der Waals surface area contributed by atoms with Crippen molar-refractivity contribution in [3.63, 3.8) is 0 Å². The number of benzene rings is 2. The Labute approximate surface area is 109 Å². The molecule has 0 aliphatic carbocycles. The molecular weight excluding hydrogens is 218 g/mol. The number of rotatable bonds is 4. The molecule has 0 heterocycles. The molecule has 2 rings (SSSR count). The van der Waals surface area contributed by atoms with Crippen molar-refractivity contribution in [3.05, 3.63) is 71.8 Å². The largest absolute Gasteiger partial charge is 0.257 e. The maximum absolute atomic E-state index is 4.38. The molecule has 2 aromatic carbocycles. The second-order valence-corrected chi connectivity index (χ2v) is 4.07. The van der Waals surface area contributed by atoms with Gasteiger partial charge in [0.2, 0.25) is 0 Å². The second-order valence-electron chi connectivity index (χ2n) is 4.07. The van der Waals surface area contributed by atoms with E-state index in [2.05, 4.69) is 36.2 Å². The molecule has 1 heteroatoms. The molecule has 1 nitrogen and oxygen atoms in total. The first kappa shape index (κ1) is 12.3. The Morgan fingerprint density at radius 3 is 2.33 bits per heavy atom. The van der Waals surface area contributed by atoms with E-state index in [0.717, 1.165) is 12.1 Å². The molecule has 0 spiro atoms. The van der Waals surface area contributed by atoms with E-state index in [1.54, 1.807) is 0 Å². The fourth-order valence-electron chi connectivity index (χ4n) is 1.67. The fourth-order valence-corrected chi connectivity index (χ4v) is 1.67. The molecule has 0 radical (unpaired) electrons. The maximum Gasteiger partial charge on any atom is 0.0629 e. The number of hydrogen-bond donors (Lipinski definition) is 0. The number of aliphatic imine (C=N–C) groups is 1. The standard InChI is InChI=1S/C17H17N/c1-2-15-10-12-17(13-11-15)18-14-6-9-16-7-4-3-5-8-16/h3-14H,2H2,1H3. The van der Waals surface area contributed by atoms with Crippen LogP contribution in [0.15, 0.2) is 65.7 Å². The zero-order valence-corrected chi connectivity index (χ0v) is 10.6. The Hall–Kier alpha value is -2.15. The second kappa shape index (κ2) is 6.55. The lowest BCUT2D eigenvalue weighted by Gasteiger charge is -1.96. The van der Waals surface area contributed by atoms with Gasteiger partial charge in [-0.25, -0.2) is 0 Å². The zero-order chi connectivity index (χ0) is 12.6. The molecule has 0 amide bonds. The third-order valence-corrected chi connectivity index (χ3v) is 2.74. The average molecular weight is 235 g/mol. The van der Waals surface area contributed by atoms with E-state index in [9.17, 15) is 0 Å². The van der Waals surface area contributed by atoms with Gasteiger partial charge in [-0.15, -0.1) is 0 Å². The van der Waals surface area contributed by atoms with Gasteiger partial charge in [-0.3, -0.25) is 4.99 Å². The lowest BCUT2D eigenvalue weighted by Crippen LogP contribution is -1.76. The summed E-state index contributed by atoms with van der Waals surface area (Å²) < 4.78 is 0. The number of aryl methyl sites for hydroxylation is 1. The van der Waals surface area contributed by atoms with Gasteiger partial charge in [-0.1, -0.05) is 55.5 Å². The zero-order valence-electron chi connectivity index (χ0n) is 10.6. The van der Waals surface area contributed by atoms with Crippen LogP contribution in [0.4, 0.5) is 5.69 Å². The van der Waals surface area contributed by atoms with Crippen LogP contribution in [-0.4, -0.2) is 6.21 Å². The Kier molecular flexibility index (Phi) is 4.48. The van der Waals surface area contributed by atoms with Crippen molar-refractivity contribution in [2.75, 3.05) is 0 Å². The molecule has 0 aliphatic rings. The van der Waals surface area contributed by atoms with E-state index in [4.69, 9.17) is 0 Å². The first-order chi connectivity index (χ1) is 8.88. The predicted molar refractivity (Wildman–Crippen MR) is 79.4 cm³/mol. The number of hydrogen-bond acceptors (Lipinski definition) is 1. The van der Waals surface area contributed by atoms with Gasteiger partial charge >= 0.3 is 0 Å².